The molecule has 0 saturated heterocycles. The third kappa shape index (κ3) is 3.29. The Balaban J connectivity index is 2.60. The quantitative estimate of drug-likeness (QED) is 0.822. The van der Waals surface area contributed by atoms with Crippen molar-refractivity contribution in [2.75, 3.05) is 18.5 Å². The van der Waals surface area contributed by atoms with E-state index in [0.717, 1.165) is 22.8 Å². The van der Waals surface area contributed by atoms with Crippen LogP contribution in [0.5, 0.6) is 0 Å². The molecule has 1 aromatic rings. The number of aromatic nitrogens is 1. The predicted octanol–water partition coefficient (Wildman–Crippen LogP) is 3.33. The lowest BCUT2D eigenvalue weighted by molar-refractivity contribution is 0.583. The van der Waals surface area contributed by atoms with Crippen molar-refractivity contribution in [3.8, 4) is 0 Å². The van der Waals surface area contributed by atoms with Gasteiger partial charge in [-0.3, -0.25) is 0 Å². The molecule has 0 aliphatic rings. The van der Waals surface area contributed by atoms with E-state index in [1.807, 2.05) is 18.3 Å². The lowest BCUT2D eigenvalue weighted by atomic mass is 10.1. The van der Waals surface area contributed by atoms with Crippen LogP contribution in [0, 0.1) is 5.92 Å². The second kappa shape index (κ2) is 5.35. The highest BCUT2D eigenvalue weighted by atomic mass is 79.9. The zero-order valence-corrected chi connectivity index (χ0v) is 10.6. The minimum atomic E-state index is 0.736. The maximum Gasteiger partial charge on any atom is 0.142 e. The van der Waals surface area contributed by atoms with E-state index in [1.165, 1.54) is 6.42 Å². The van der Waals surface area contributed by atoms with Gasteiger partial charge in [0.1, 0.15) is 5.82 Å². The molecule has 0 aliphatic heterocycles. The summed E-state index contributed by atoms with van der Waals surface area (Å²) in [6.07, 6.45) is 3.02. The van der Waals surface area contributed by atoms with Crippen LogP contribution in [0.25, 0.3) is 0 Å². The van der Waals surface area contributed by atoms with Crippen molar-refractivity contribution in [1.82, 2.24) is 4.98 Å². The van der Waals surface area contributed by atoms with Gasteiger partial charge in [0.25, 0.3) is 0 Å². The minimum absolute atomic E-state index is 0.736. The summed E-state index contributed by atoms with van der Waals surface area (Å²) in [5, 5.41) is 0. The summed E-state index contributed by atoms with van der Waals surface area (Å²) in [4.78, 5) is 6.52. The highest BCUT2D eigenvalue weighted by Crippen LogP contribution is 2.22. The Bertz CT molecular complexity index is 286. The second-order valence-corrected chi connectivity index (χ2v) is 4.77. The zero-order valence-electron chi connectivity index (χ0n) is 9.00. The first-order chi connectivity index (χ1) is 6.61. The normalized spacial score (nSPS) is 10.6. The van der Waals surface area contributed by atoms with Crippen LogP contribution in [-0.4, -0.2) is 18.6 Å². The monoisotopic (exact) mass is 256 g/mol. The molecule has 1 aromatic heterocycles. The fourth-order valence-corrected chi connectivity index (χ4v) is 1.77. The summed E-state index contributed by atoms with van der Waals surface area (Å²) in [6, 6.07) is 3.96. The molecule has 0 bridgehead atoms. The molecule has 0 radical (unpaired) electrons. The van der Waals surface area contributed by atoms with E-state index < -0.39 is 0 Å². The van der Waals surface area contributed by atoms with Crippen LogP contribution < -0.4 is 4.90 Å². The van der Waals surface area contributed by atoms with E-state index in [9.17, 15) is 0 Å². The highest BCUT2D eigenvalue weighted by molar-refractivity contribution is 9.10. The molecule has 0 amide bonds. The molecule has 3 heteroatoms. The van der Waals surface area contributed by atoms with Gasteiger partial charge in [-0.25, -0.2) is 4.98 Å². The highest BCUT2D eigenvalue weighted by Gasteiger charge is 2.06. The SMILES string of the molecule is CC(C)CCN(C)c1ncccc1Br. The smallest absolute Gasteiger partial charge is 0.142 e. The summed E-state index contributed by atoms with van der Waals surface area (Å²) < 4.78 is 1.06. The predicted molar refractivity (Wildman–Crippen MR) is 64.7 cm³/mol. The Morgan fingerprint density at radius 3 is 2.79 bits per heavy atom. The van der Waals surface area contributed by atoms with Crippen LogP contribution in [0.3, 0.4) is 0 Å². The molecule has 2 nitrogen and oxygen atoms in total. The summed E-state index contributed by atoms with van der Waals surface area (Å²) in [5.41, 5.74) is 0. The summed E-state index contributed by atoms with van der Waals surface area (Å²) in [5.74, 6) is 1.76. The topological polar surface area (TPSA) is 16.1 Å². The number of nitrogens with zero attached hydrogens (tertiary/aromatic N) is 2. The molecule has 0 unspecified atom stereocenters. The van der Waals surface area contributed by atoms with E-state index >= 15 is 0 Å². The van der Waals surface area contributed by atoms with Crippen molar-refractivity contribution >= 4 is 21.7 Å². The Kier molecular flexibility index (Phi) is 4.39. The molecule has 0 N–H and O–H groups in total. The number of anilines is 1. The standard InChI is InChI=1S/C11H17BrN2/c1-9(2)6-8-14(3)11-10(12)5-4-7-13-11/h4-5,7,9H,6,8H2,1-3H3. The lowest BCUT2D eigenvalue weighted by Crippen LogP contribution is -2.21. The van der Waals surface area contributed by atoms with Crippen molar-refractivity contribution in [3.05, 3.63) is 22.8 Å². The number of pyridine rings is 1. The third-order valence-electron chi connectivity index (χ3n) is 2.14. The van der Waals surface area contributed by atoms with Gasteiger partial charge in [-0.05, 0) is 40.4 Å². The van der Waals surface area contributed by atoms with Gasteiger partial charge in [-0.2, -0.15) is 0 Å². The van der Waals surface area contributed by atoms with Crippen LogP contribution in [0.4, 0.5) is 5.82 Å². The maximum atomic E-state index is 4.34. The molecule has 78 valence electrons. The van der Waals surface area contributed by atoms with Crippen molar-refractivity contribution in [2.45, 2.75) is 20.3 Å². The molecule has 0 atom stereocenters. The van der Waals surface area contributed by atoms with E-state index in [1.54, 1.807) is 0 Å². The fourth-order valence-electron chi connectivity index (χ4n) is 1.22. The first-order valence-electron chi connectivity index (χ1n) is 4.93. The molecular weight excluding hydrogens is 240 g/mol. The Hall–Kier alpha value is -0.570. The van der Waals surface area contributed by atoms with Gasteiger partial charge < -0.3 is 4.90 Å². The first kappa shape index (κ1) is 11.5. The largest absolute Gasteiger partial charge is 0.359 e. The van der Waals surface area contributed by atoms with Crippen molar-refractivity contribution in [3.63, 3.8) is 0 Å². The van der Waals surface area contributed by atoms with Crippen LogP contribution >= 0.6 is 15.9 Å². The van der Waals surface area contributed by atoms with Gasteiger partial charge in [-0.1, -0.05) is 13.8 Å². The average molecular weight is 257 g/mol. The zero-order chi connectivity index (χ0) is 10.6. The summed E-state index contributed by atoms with van der Waals surface area (Å²) in [7, 11) is 2.08. The van der Waals surface area contributed by atoms with E-state index in [2.05, 4.69) is 46.7 Å². The minimum Gasteiger partial charge on any atom is -0.359 e. The number of hydrogen-bond donors (Lipinski definition) is 0. The van der Waals surface area contributed by atoms with Crippen molar-refractivity contribution in [2.24, 2.45) is 5.92 Å². The van der Waals surface area contributed by atoms with Crippen LogP contribution in [0.2, 0.25) is 0 Å². The summed E-state index contributed by atoms with van der Waals surface area (Å²) >= 11 is 3.50. The molecule has 1 rings (SSSR count). The van der Waals surface area contributed by atoms with Gasteiger partial charge in [0.15, 0.2) is 0 Å². The second-order valence-electron chi connectivity index (χ2n) is 3.91. The number of rotatable bonds is 4. The van der Waals surface area contributed by atoms with Crippen LogP contribution in [-0.2, 0) is 0 Å². The first-order valence-corrected chi connectivity index (χ1v) is 5.72. The number of halogens is 1. The van der Waals surface area contributed by atoms with Crippen LogP contribution in [0.1, 0.15) is 20.3 Å². The van der Waals surface area contributed by atoms with Gasteiger partial charge in [0.05, 0.1) is 4.47 Å². The van der Waals surface area contributed by atoms with Gasteiger partial charge in [-0.15, -0.1) is 0 Å². The molecule has 0 spiro atoms. The Morgan fingerprint density at radius 2 is 2.21 bits per heavy atom. The van der Waals surface area contributed by atoms with Gasteiger partial charge in [0, 0.05) is 19.8 Å². The molecule has 0 aromatic carbocycles. The molecule has 0 aliphatic carbocycles. The molecule has 14 heavy (non-hydrogen) atoms. The lowest BCUT2D eigenvalue weighted by Gasteiger charge is -2.20. The fraction of sp³-hybridized carbons (Fsp3) is 0.545. The Labute approximate surface area is 94.5 Å². The summed E-state index contributed by atoms with van der Waals surface area (Å²) in [6.45, 7) is 5.52. The maximum absolute atomic E-state index is 4.34. The van der Waals surface area contributed by atoms with E-state index in [0.29, 0.717) is 0 Å². The molecular formula is C11H17BrN2. The molecule has 1 heterocycles. The van der Waals surface area contributed by atoms with E-state index in [-0.39, 0.29) is 0 Å². The van der Waals surface area contributed by atoms with Gasteiger partial charge >= 0.3 is 0 Å². The van der Waals surface area contributed by atoms with Crippen molar-refractivity contribution in [1.29, 1.82) is 0 Å². The Morgan fingerprint density at radius 1 is 1.50 bits per heavy atom. The average Bonchev–Trinajstić information content (AvgIpc) is 2.15. The van der Waals surface area contributed by atoms with E-state index in [4.69, 9.17) is 0 Å². The van der Waals surface area contributed by atoms with Crippen LogP contribution in [0.15, 0.2) is 22.8 Å². The molecule has 0 fully saturated rings. The van der Waals surface area contributed by atoms with Crippen molar-refractivity contribution < 1.29 is 0 Å². The molecule has 0 saturated carbocycles. The third-order valence-corrected chi connectivity index (χ3v) is 2.76. The van der Waals surface area contributed by atoms with Gasteiger partial charge in [0.2, 0.25) is 0 Å². The number of hydrogen-bond acceptors (Lipinski definition) is 2.